The molecule has 114 valence electrons. The Labute approximate surface area is 135 Å². The van der Waals surface area contributed by atoms with Gasteiger partial charge in [-0.2, -0.15) is 0 Å². The maximum atomic E-state index is 12.9. The van der Waals surface area contributed by atoms with Gasteiger partial charge in [-0.25, -0.2) is 0 Å². The van der Waals surface area contributed by atoms with E-state index >= 15 is 0 Å². The third kappa shape index (κ3) is 2.81. The van der Waals surface area contributed by atoms with E-state index in [1.54, 1.807) is 7.11 Å². The zero-order valence-electron chi connectivity index (χ0n) is 12.5. The van der Waals surface area contributed by atoms with Crippen LogP contribution in [0.15, 0.2) is 48.5 Å². The highest BCUT2D eigenvalue weighted by Crippen LogP contribution is 2.34. The van der Waals surface area contributed by atoms with Gasteiger partial charge in [0.1, 0.15) is 5.75 Å². The summed E-state index contributed by atoms with van der Waals surface area (Å²) >= 11 is 5.96. The molecule has 3 rings (SSSR count). The van der Waals surface area contributed by atoms with Crippen molar-refractivity contribution in [3.63, 3.8) is 0 Å². The smallest absolute Gasteiger partial charge is 0.258 e. The predicted octanol–water partition coefficient (Wildman–Crippen LogP) is 4.33. The SMILES string of the molecule is COc1ccccc1C(=O)N1CCC[C@@H]1c1ccc(Cl)cc1. The Kier molecular flexibility index (Phi) is 4.34. The van der Waals surface area contributed by atoms with Crippen molar-refractivity contribution >= 4 is 17.5 Å². The van der Waals surface area contributed by atoms with Crippen molar-refractivity contribution in [2.24, 2.45) is 0 Å². The standard InChI is InChI=1S/C18H18ClNO2/c1-22-17-7-3-2-5-15(17)18(21)20-12-4-6-16(20)13-8-10-14(19)11-9-13/h2-3,5,7-11,16H,4,6,12H2,1H3/t16-/m1/s1. The maximum absolute atomic E-state index is 12.9. The predicted molar refractivity (Wildman–Crippen MR) is 87.5 cm³/mol. The normalized spacial score (nSPS) is 17.5. The molecule has 0 spiro atoms. The van der Waals surface area contributed by atoms with Gasteiger partial charge in [-0.1, -0.05) is 35.9 Å². The van der Waals surface area contributed by atoms with Gasteiger partial charge in [-0.15, -0.1) is 0 Å². The largest absolute Gasteiger partial charge is 0.496 e. The molecule has 0 saturated carbocycles. The van der Waals surface area contributed by atoms with E-state index in [2.05, 4.69) is 0 Å². The lowest BCUT2D eigenvalue weighted by atomic mass is 10.0. The van der Waals surface area contributed by atoms with Crippen LogP contribution in [-0.2, 0) is 0 Å². The number of para-hydroxylation sites is 1. The molecule has 1 heterocycles. The second-order valence-corrected chi connectivity index (χ2v) is 5.84. The van der Waals surface area contributed by atoms with Crippen molar-refractivity contribution in [2.45, 2.75) is 18.9 Å². The van der Waals surface area contributed by atoms with E-state index in [1.807, 2.05) is 53.4 Å². The van der Waals surface area contributed by atoms with Crippen LogP contribution in [0.3, 0.4) is 0 Å². The summed E-state index contributed by atoms with van der Waals surface area (Å²) in [5, 5.41) is 0.712. The van der Waals surface area contributed by atoms with E-state index in [9.17, 15) is 4.79 Å². The topological polar surface area (TPSA) is 29.5 Å². The minimum absolute atomic E-state index is 0.0231. The van der Waals surface area contributed by atoms with Crippen LogP contribution >= 0.6 is 11.6 Å². The number of carbonyl (C=O) groups is 1. The van der Waals surface area contributed by atoms with Crippen molar-refractivity contribution in [3.05, 3.63) is 64.7 Å². The lowest BCUT2D eigenvalue weighted by Gasteiger charge is -2.26. The summed E-state index contributed by atoms with van der Waals surface area (Å²) < 4.78 is 5.32. The average Bonchev–Trinajstić information content (AvgIpc) is 3.04. The zero-order chi connectivity index (χ0) is 15.5. The van der Waals surface area contributed by atoms with Gasteiger partial charge in [0.25, 0.3) is 5.91 Å². The number of rotatable bonds is 3. The molecule has 0 aromatic heterocycles. The van der Waals surface area contributed by atoms with Crippen molar-refractivity contribution in [1.29, 1.82) is 0 Å². The second kappa shape index (κ2) is 6.41. The molecule has 0 unspecified atom stereocenters. The van der Waals surface area contributed by atoms with Gasteiger partial charge in [0.2, 0.25) is 0 Å². The van der Waals surface area contributed by atoms with E-state index in [0.29, 0.717) is 16.3 Å². The first kappa shape index (κ1) is 14.9. The average molecular weight is 316 g/mol. The maximum Gasteiger partial charge on any atom is 0.258 e. The van der Waals surface area contributed by atoms with Crippen molar-refractivity contribution in [2.75, 3.05) is 13.7 Å². The first-order valence-corrected chi connectivity index (χ1v) is 7.78. The second-order valence-electron chi connectivity index (χ2n) is 5.41. The lowest BCUT2D eigenvalue weighted by Crippen LogP contribution is -2.30. The molecule has 1 aliphatic heterocycles. The van der Waals surface area contributed by atoms with E-state index in [-0.39, 0.29) is 11.9 Å². The molecule has 22 heavy (non-hydrogen) atoms. The number of benzene rings is 2. The van der Waals surface area contributed by atoms with Gasteiger partial charge >= 0.3 is 0 Å². The number of methoxy groups -OCH3 is 1. The lowest BCUT2D eigenvalue weighted by molar-refractivity contribution is 0.0732. The number of halogens is 1. The van der Waals surface area contributed by atoms with Crippen LogP contribution < -0.4 is 4.74 Å². The molecular formula is C18H18ClNO2. The van der Waals surface area contributed by atoms with Crippen LogP contribution in [0.5, 0.6) is 5.75 Å². The van der Waals surface area contributed by atoms with Gasteiger partial charge in [-0.05, 0) is 42.7 Å². The molecule has 2 aromatic rings. The van der Waals surface area contributed by atoms with Crippen LogP contribution in [-0.4, -0.2) is 24.5 Å². The molecule has 2 aromatic carbocycles. The molecule has 1 saturated heterocycles. The van der Waals surface area contributed by atoms with Crippen LogP contribution in [0.1, 0.15) is 34.8 Å². The van der Waals surface area contributed by atoms with E-state index < -0.39 is 0 Å². The van der Waals surface area contributed by atoms with E-state index in [1.165, 1.54) is 0 Å². The van der Waals surface area contributed by atoms with Crippen molar-refractivity contribution < 1.29 is 9.53 Å². The Morgan fingerprint density at radius 1 is 1.18 bits per heavy atom. The Morgan fingerprint density at radius 3 is 2.64 bits per heavy atom. The molecule has 1 fully saturated rings. The van der Waals surface area contributed by atoms with E-state index in [4.69, 9.17) is 16.3 Å². The van der Waals surface area contributed by atoms with Crippen LogP contribution in [0, 0.1) is 0 Å². The molecule has 4 heteroatoms. The van der Waals surface area contributed by atoms with Gasteiger partial charge in [0.15, 0.2) is 0 Å². The number of amides is 1. The summed E-state index contributed by atoms with van der Waals surface area (Å²) in [4.78, 5) is 14.8. The summed E-state index contributed by atoms with van der Waals surface area (Å²) in [5.41, 5.74) is 1.75. The molecule has 0 aliphatic carbocycles. The Morgan fingerprint density at radius 2 is 1.91 bits per heavy atom. The number of hydrogen-bond acceptors (Lipinski definition) is 2. The third-order valence-corrected chi connectivity index (χ3v) is 4.36. The molecule has 0 N–H and O–H groups in total. The molecule has 3 nitrogen and oxygen atoms in total. The van der Waals surface area contributed by atoms with Gasteiger partial charge in [-0.3, -0.25) is 4.79 Å². The number of carbonyl (C=O) groups excluding carboxylic acids is 1. The fraction of sp³-hybridized carbons (Fsp3) is 0.278. The quantitative estimate of drug-likeness (QED) is 0.844. The summed E-state index contributed by atoms with van der Waals surface area (Å²) in [6.07, 6.45) is 1.98. The molecule has 0 radical (unpaired) electrons. The fourth-order valence-corrected chi connectivity index (χ4v) is 3.14. The van der Waals surface area contributed by atoms with Crippen LogP contribution in [0.25, 0.3) is 0 Å². The first-order chi connectivity index (χ1) is 10.7. The summed E-state index contributed by atoms with van der Waals surface area (Å²) in [6, 6.07) is 15.2. The molecule has 1 atom stereocenters. The molecule has 1 amide bonds. The van der Waals surface area contributed by atoms with Gasteiger partial charge in [0.05, 0.1) is 18.7 Å². The highest BCUT2D eigenvalue weighted by molar-refractivity contribution is 6.30. The van der Waals surface area contributed by atoms with Gasteiger partial charge in [0, 0.05) is 11.6 Å². The summed E-state index contributed by atoms with van der Waals surface area (Å²) in [7, 11) is 1.59. The Bertz CT molecular complexity index is 669. The molecular weight excluding hydrogens is 298 g/mol. The van der Waals surface area contributed by atoms with Gasteiger partial charge < -0.3 is 9.64 Å². The van der Waals surface area contributed by atoms with E-state index in [0.717, 1.165) is 24.9 Å². The minimum atomic E-state index is 0.0231. The summed E-state index contributed by atoms with van der Waals surface area (Å²) in [5.74, 6) is 0.643. The third-order valence-electron chi connectivity index (χ3n) is 4.11. The monoisotopic (exact) mass is 315 g/mol. The zero-order valence-corrected chi connectivity index (χ0v) is 13.2. The molecule has 1 aliphatic rings. The Balaban J connectivity index is 1.89. The van der Waals surface area contributed by atoms with Crippen molar-refractivity contribution in [1.82, 2.24) is 4.90 Å². The summed E-state index contributed by atoms with van der Waals surface area (Å²) in [6.45, 7) is 0.768. The minimum Gasteiger partial charge on any atom is -0.496 e. The number of likely N-dealkylation sites (tertiary alicyclic amines) is 1. The highest BCUT2D eigenvalue weighted by Gasteiger charge is 2.31. The van der Waals surface area contributed by atoms with Crippen LogP contribution in [0.2, 0.25) is 5.02 Å². The number of hydrogen-bond donors (Lipinski definition) is 0. The highest BCUT2D eigenvalue weighted by atomic mass is 35.5. The van der Waals surface area contributed by atoms with Crippen molar-refractivity contribution in [3.8, 4) is 5.75 Å². The Hall–Kier alpha value is -2.00. The fourth-order valence-electron chi connectivity index (χ4n) is 3.02. The molecule has 0 bridgehead atoms. The number of nitrogens with zero attached hydrogens (tertiary/aromatic N) is 1. The van der Waals surface area contributed by atoms with Crippen LogP contribution in [0.4, 0.5) is 0 Å². The number of ether oxygens (including phenoxy) is 1. The first-order valence-electron chi connectivity index (χ1n) is 7.40.